The Balaban J connectivity index is 1.71. The van der Waals surface area contributed by atoms with Gasteiger partial charge in [-0.1, -0.05) is 0 Å². The number of pyridine rings is 1. The van der Waals surface area contributed by atoms with Crippen LogP contribution in [0, 0.1) is 0 Å². The van der Waals surface area contributed by atoms with Gasteiger partial charge in [0, 0.05) is 31.4 Å². The summed E-state index contributed by atoms with van der Waals surface area (Å²) in [5.41, 5.74) is -0.516. The van der Waals surface area contributed by atoms with Crippen molar-refractivity contribution < 1.29 is 18.0 Å². The molecule has 0 radical (unpaired) electrons. The maximum atomic E-state index is 12.5. The number of urea groups is 1. The highest BCUT2D eigenvalue weighted by Gasteiger charge is 2.28. The summed E-state index contributed by atoms with van der Waals surface area (Å²) in [5, 5.41) is 4.73. The van der Waals surface area contributed by atoms with Crippen molar-refractivity contribution in [2.45, 2.75) is 43.2 Å². The van der Waals surface area contributed by atoms with Gasteiger partial charge in [-0.3, -0.25) is 14.9 Å². The van der Waals surface area contributed by atoms with E-state index in [9.17, 15) is 22.8 Å². The molecule has 1 aliphatic heterocycles. The van der Waals surface area contributed by atoms with Crippen molar-refractivity contribution in [3.05, 3.63) is 28.7 Å². The van der Waals surface area contributed by atoms with Gasteiger partial charge in [0.05, 0.1) is 4.90 Å². The lowest BCUT2D eigenvalue weighted by atomic mass is 10.4. The predicted molar refractivity (Wildman–Crippen MR) is 88.4 cm³/mol. The zero-order valence-electron chi connectivity index (χ0n) is 13.6. The molecule has 10 heteroatoms. The molecular formula is C15H20N4O5S. The molecule has 1 aliphatic carbocycles. The first-order chi connectivity index (χ1) is 11.9. The van der Waals surface area contributed by atoms with Crippen LogP contribution in [-0.2, 0) is 21.4 Å². The summed E-state index contributed by atoms with van der Waals surface area (Å²) in [7, 11) is -3.68. The lowest BCUT2D eigenvalue weighted by Gasteiger charge is -2.16. The van der Waals surface area contributed by atoms with Gasteiger partial charge in [-0.25, -0.2) is 13.2 Å². The third-order valence-electron chi connectivity index (χ3n) is 4.14. The monoisotopic (exact) mass is 368 g/mol. The Morgan fingerprint density at radius 3 is 2.48 bits per heavy atom. The molecule has 25 heavy (non-hydrogen) atoms. The molecule has 1 saturated carbocycles. The van der Waals surface area contributed by atoms with Crippen LogP contribution in [0.25, 0.3) is 0 Å². The number of sulfonamides is 1. The van der Waals surface area contributed by atoms with E-state index in [0.29, 0.717) is 13.1 Å². The van der Waals surface area contributed by atoms with Crippen molar-refractivity contribution in [1.82, 2.24) is 19.5 Å². The van der Waals surface area contributed by atoms with Gasteiger partial charge in [0.1, 0.15) is 6.54 Å². The van der Waals surface area contributed by atoms with Crippen LogP contribution in [0.3, 0.4) is 0 Å². The maximum absolute atomic E-state index is 12.5. The highest BCUT2D eigenvalue weighted by molar-refractivity contribution is 7.89. The normalized spacial score (nSPS) is 18.1. The number of carbonyl (C=O) groups excluding carboxylic acids is 2. The summed E-state index contributed by atoms with van der Waals surface area (Å²) < 4.78 is 27.4. The van der Waals surface area contributed by atoms with Crippen LogP contribution >= 0.6 is 0 Å². The summed E-state index contributed by atoms with van der Waals surface area (Å²) in [6, 6.07) is 1.84. The topological polar surface area (TPSA) is 118 Å². The number of nitrogens with one attached hydrogen (secondary N) is 2. The third-order valence-corrected chi connectivity index (χ3v) is 6.02. The van der Waals surface area contributed by atoms with E-state index in [1.807, 2.05) is 0 Å². The van der Waals surface area contributed by atoms with Gasteiger partial charge in [-0.2, -0.15) is 4.31 Å². The Kier molecular flexibility index (Phi) is 4.91. The van der Waals surface area contributed by atoms with Crippen molar-refractivity contribution in [2.24, 2.45) is 0 Å². The van der Waals surface area contributed by atoms with Gasteiger partial charge >= 0.3 is 6.03 Å². The molecule has 2 heterocycles. The van der Waals surface area contributed by atoms with Crippen molar-refractivity contribution in [2.75, 3.05) is 13.1 Å². The number of rotatable bonds is 5. The molecule has 0 unspecified atom stereocenters. The summed E-state index contributed by atoms with van der Waals surface area (Å²) in [6.07, 6.45) is 4.53. The van der Waals surface area contributed by atoms with Crippen LogP contribution in [0.2, 0.25) is 0 Å². The van der Waals surface area contributed by atoms with Gasteiger partial charge in [0.25, 0.3) is 5.56 Å². The van der Waals surface area contributed by atoms with E-state index in [4.69, 9.17) is 0 Å². The zero-order valence-corrected chi connectivity index (χ0v) is 14.4. The number of amides is 3. The minimum atomic E-state index is -3.68. The van der Waals surface area contributed by atoms with Crippen LogP contribution in [-0.4, -0.2) is 48.4 Å². The van der Waals surface area contributed by atoms with Crippen LogP contribution in [0.4, 0.5) is 4.79 Å². The Morgan fingerprint density at radius 2 is 1.84 bits per heavy atom. The predicted octanol–water partition coefficient (Wildman–Crippen LogP) is -0.379. The highest BCUT2D eigenvalue weighted by Crippen LogP contribution is 2.20. The Labute approximate surface area is 145 Å². The maximum Gasteiger partial charge on any atom is 0.321 e. The average Bonchev–Trinajstić information content (AvgIpc) is 3.16. The molecule has 3 rings (SSSR count). The van der Waals surface area contributed by atoms with Crippen LogP contribution in [0.5, 0.6) is 0 Å². The van der Waals surface area contributed by atoms with Crippen molar-refractivity contribution in [3.63, 3.8) is 0 Å². The van der Waals surface area contributed by atoms with Crippen LogP contribution in [0.1, 0.15) is 25.7 Å². The van der Waals surface area contributed by atoms with E-state index < -0.39 is 34.1 Å². The minimum absolute atomic E-state index is 0.0377. The van der Waals surface area contributed by atoms with Gasteiger partial charge in [-0.15, -0.1) is 0 Å². The van der Waals surface area contributed by atoms with E-state index >= 15 is 0 Å². The molecule has 9 nitrogen and oxygen atoms in total. The van der Waals surface area contributed by atoms with Crippen molar-refractivity contribution in [1.29, 1.82) is 0 Å². The highest BCUT2D eigenvalue weighted by atomic mass is 32.2. The third kappa shape index (κ3) is 4.26. The molecule has 2 N–H and O–H groups in total. The lowest BCUT2D eigenvalue weighted by Crippen LogP contribution is -2.43. The first kappa shape index (κ1) is 17.6. The molecule has 1 aromatic rings. The van der Waals surface area contributed by atoms with Crippen molar-refractivity contribution >= 4 is 22.0 Å². The smallest absolute Gasteiger partial charge is 0.321 e. The van der Waals surface area contributed by atoms with Crippen molar-refractivity contribution in [3.8, 4) is 0 Å². The van der Waals surface area contributed by atoms with Crippen LogP contribution in [0.15, 0.2) is 28.0 Å². The molecule has 1 saturated heterocycles. The van der Waals surface area contributed by atoms with E-state index in [1.165, 1.54) is 10.4 Å². The summed E-state index contributed by atoms with van der Waals surface area (Å²) >= 11 is 0. The fraction of sp³-hybridized carbons (Fsp3) is 0.533. The van der Waals surface area contributed by atoms with E-state index in [2.05, 4.69) is 10.6 Å². The minimum Gasteiger partial charge on any atom is -0.335 e. The molecule has 0 bridgehead atoms. The molecule has 2 aliphatic rings. The van der Waals surface area contributed by atoms with Gasteiger partial charge in [0.15, 0.2) is 0 Å². The number of imide groups is 1. The number of hydrogen-bond donors (Lipinski definition) is 2. The zero-order chi connectivity index (χ0) is 18.0. The summed E-state index contributed by atoms with van der Waals surface area (Å²) in [4.78, 5) is 35.3. The second-order valence-corrected chi connectivity index (χ2v) is 8.18. The first-order valence-corrected chi connectivity index (χ1v) is 9.61. The second kappa shape index (κ2) is 6.96. The molecule has 2 fully saturated rings. The summed E-state index contributed by atoms with van der Waals surface area (Å²) in [6.45, 7) is 0.465. The Bertz CT molecular complexity index is 838. The fourth-order valence-electron chi connectivity index (χ4n) is 2.63. The fourth-order valence-corrected chi connectivity index (χ4v) is 4.17. The lowest BCUT2D eigenvalue weighted by molar-refractivity contribution is -0.120. The standard InChI is InChI=1S/C15H20N4O5S/c20-13(17-15(22)16-11-3-4-11)10-18-9-12(5-6-14(18)21)25(23,24)19-7-1-2-8-19/h5-6,9,11H,1-4,7-8,10H2,(H2,16,17,20,22). The van der Waals surface area contributed by atoms with Gasteiger partial charge in [-0.05, 0) is 31.7 Å². The molecular weight excluding hydrogens is 348 g/mol. The molecule has 0 atom stereocenters. The quantitative estimate of drug-likeness (QED) is 0.735. The number of carbonyl (C=O) groups is 2. The Morgan fingerprint density at radius 1 is 1.16 bits per heavy atom. The molecule has 136 valence electrons. The molecule has 0 spiro atoms. The van der Waals surface area contributed by atoms with E-state index in [1.54, 1.807) is 0 Å². The SMILES string of the molecule is O=C(Cn1cc(S(=O)(=O)N2CCCC2)ccc1=O)NC(=O)NC1CC1. The van der Waals surface area contributed by atoms with Crippen LogP contribution < -0.4 is 16.2 Å². The molecule has 0 aromatic carbocycles. The molecule has 3 amide bonds. The van der Waals surface area contributed by atoms with Gasteiger partial charge < -0.3 is 9.88 Å². The summed E-state index contributed by atoms with van der Waals surface area (Å²) in [5.74, 6) is -0.684. The average molecular weight is 368 g/mol. The Hall–Kier alpha value is -2.20. The number of hydrogen-bond acceptors (Lipinski definition) is 5. The van der Waals surface area contributed by atoms with E-state index in [0.717, 1.165) is 42.5 Å². The molecule has 1 aromatic heterocycles. The second-order valence-electron chi connectivity index (χ2n) is 6.24. The van der Waals surface area contributed by atoms with Gasteiger partial charge in [0.2, 0.25) is 15.9 Å². The first-order valence-electron chi connectivity index (χ1n) is 8.17. The number of nitrogens with zero attached hydrogens (tertiary/aromatic N) is 2. The van der Waals surface area contributed by atoms with E-state index in [-0.39, 0.29) is 10.9 Å². The number of aromatic nitrogens is 1. The largest absolute Gasteiger partial charge is 0.335 e.